The molecule has 0 bridgehead atoms. The monoisotopic (exact) mass is 318 g/mol. The molecule has 1 aliphatic rings. The van der Waals surface area contributed by atoms with E-state index in [0.717, 1.165) is 23.1 Å². The van der Waals surface area contributed by atoms with Gasteiger partial charge in [-0.05, 0) is 34.3 Å². The van der Waals surface area contributed by atoms with E-state index in [4.69, 9.17) is 0 Å². The van der Waals surface area contributed by atoms with Gasteiger partial charge in [0.25, 0.3) is 0 Å². The molecule has 1 saturated heterocycles. The lowest BCUT2D eigenvalue weighted by Crippen LogP contribution is -2.26. The van der Waals surface area contributed by atoms with Gasteiger partial charge in [-0.1, -0.05) is 0 Å². The third-order valence-electron chi connectivity index (χ3n) is 2.99. The summed E-state index contributed by atoms with van der Waals surface area (Å²) in [6, 6.07) is 1.98. The number of sulfone groups is 1. The Bertz CT molecular complexity index is 504. The van der Waals surface area contributed by atoms with Crippen LogP contribution in [0.4, 0.5) is 5.69 Å². The highest BCUT2D eigenvalue weighted by atomic mass is 79.9. The molecule has 1 atom stereocenters. The van der Waals surface area contributed by atoms with E-state index < -0.39 is 9.84 Å². The van der Waals surface area contributed by atoms with Crippen LogP contribution >= 0.6 is 15.9 Å². The minimum absolute atomic E-state index is 0.240. The number of pyridine rings is 1. The first-order chi connectivity index (χ1) is 7.96. The molecule has 4 nitrogen and oxygen atoms in total. The summed E-state index contributed by atoms with van der Waals surface area (Å²) in [5.41, 5.74) is 1.00. The first-order valence-electron chi connectivity index (χ1n) is 5.48. The maximum Gasteiger partial charge on any atom is 0.150 e. The molecule has 0 aliphatic carbocycles. The second-order valence-corrected chi connectivity index (χ2v) is 7.66. The molecule has 1 fully saturated rings. The van der Waals surface area contributed by atoms with Crippen LogP contribution < -0.4 is 4.90 Å². The summed E-state index contributed by atoms with van der Waals surface area (Å²) in [6.07, 6.45) is 4.29. The zero-order valence-electron chi connectivity index (χ0n) is 9.63. The van der Waals surface area contributed by atoms with Crippen LogP contribution in [-0.2, 0) is 9.84 Å². The van der Waals surface area contributed by atoms with Crippen molar-refractivity contribution >= 4 is 31.5 Å². The van der Waals surface area contributed by atoms with Crippen LogP contribution in [0.15, 0.2) is 22.9 Å². The van der Waals surface area contributed by atoms with Crippen LogP contribution in [-0.4, -0.2) is 38.5 Å². The molecule has 0 aromatic carbocycles. The number of anilines is 1. The summed E-state index contributed by atoms with van der Waals surface area (Å²) >= 11 is 3.38. The second-order valence-electron chi connectivity index (χ2n) is 4.51. The third kappa shape index (κ3) is 3.42. The van der Waals surface area contributed by atoms with Gasteiger partial charge in [0.2, 0.25) is 0 Å². The van der Waals surface area contributed by atoms with Gasteiger partial charge < -0.3 is 4.90 Å². The van der Waals surface area contributed by atoms with E-state index in [1.165, 1.54) is 0 Å². The van der Waals surface area contributed by atoms with Crippen LogP contribution in [0.1, 0.15) is 6.42 Å². The molecule has 0 spiro atoms. The molecule has 0 unspecified atom stereocenters. The van der Waals surface area contributed by atoms with Crippen molar-refractivity contribution in [2.24, 2.45) is 5.92 Å². The Morgan fingerprint density at radius 2 is 2.29 bits per heavy atom. The van der Waals surface area contributed by atoms with Crippen molar-refractivity contribution in [3.05, 3.63) is 22.9 Å². The van der Waals surface area contributed by atoms with E-state index in [1.807, 2.05) is 13.1 Å². The van der Waals surface area contributed by atoms with Crippen LogP contribution in [0.2, 0.25) is 0 Å². The molecule has 17 heavy (non-hydrogen) atoms. The number of hydrogen-bond donors (Lipinski definition) is 0. The van der Waals surface area contributed by atoms with Gasteiger partial charge in [0.15, 0.2) is 9.84 Å². The van der Waals surface area contributed by atoms with Crippen molar-refractivity contribution in [1.82, 2.24) is 4.98 Å². The summed E-state index contributed by atoms with van der Waals surface area (Å²) in [6.45, 7) is 0.761. The van der Waals surface area contributed by atoms with Crippen molar-refractivity contribution in [3.63, 3.8) is 0 Å². The molecule has 6 heteroatoms. The second kappa shape index (κ2) is 4.94. The molecule has 1 aromatic heterocycles. The third-order valence-corrected chi connectivity index (χ3v) is 5.26. The first-order valence-corrected chi connectivity index (χ1v) is 8.10. The fourth-order valence-corrected chi connectivity index (χ4v) is 4.32. The van der Waals surface area contributed by atoms with Crippen molar-refractivity contribution in [3.8, 4) is 0 Å². The lowest BCUT2D eigenvalue weighted by Gasteiger charge is -2.22. The molecule has 2 heterocycles. The van der Waals surface area contributed by atoms with Gasteiger partial charge in [-0.3, -0.25) is 4.98 Å². The fraction of sp³-hybridized carbons (Fsp3) is 0.545. The van der Waals surface area contributed by atoms with E-state index in [9.17, 15) is 8.42 Å². The van der Waals surface area contributed by atoms with Gasteiger partial charge >= 0.3 is 0 Å². The zero-order valence-corrected chi connectivity index (χ0v) is 12.0. The number of nitrogens with zero attached hydrogens (tertiary/aromatic N) is 2. The summed E-state index contributed by atoms with van der Waals surface area (Å²) in [7, 11) is -0.816. The highest BCUT2D eigenvalue weighted by Gasteiger charge is 2.28. The lowest BCUT2D eigenvalue weighted by molar-refractivity contribution is 0.581. The molecule has 0 radical (unpaired) electrons. The van der Waals surface area contributed by atoms with E-state index in [0.29, 0.717) is 11.5 Å². The minimum Gasteiger partial charge on any atom is -0.373 e. The SMILES string of the molecule is CN(C[C@H]1CCS(=O)(=O)C1)c1cncc(Br)c1. The highest BCUT2D eigenvalue weighted by Crippen LogP contribution is 2.23. The van der Waals surface area contributed by atoms with Crippen molar-refractivity contribution < 1.29 is 8.42 Å². The number of halogens is 1. The predicted molar refractivity (Wildman–Crippen MR) is 72.0 cm³/mol. The molecular formula is C11H15BrN2O2S. The summed E-state index contributed by atoms with van der Waals surface area (Å²) in [5, 5.41) is 0. The molecule has 94 valence electrons. The average Bonchev–Trinajstić information content (AvgIpc) is 2.58. The molecule has 0 amide bonds. The first kappa shape index (κ1) is 12.8. The highest BCUT2D eigenvalue weighted by molar-refractivity contribution is 9.10. The maximum atomic E-state index is 11.4. The Balaban J connectivity index is 2.00. The molecule has 0 N–H and O–H groups in total. The van der Waals surface area contributed by atoms with E-state index in [-0.39, 0.29) is 5.92 Å². The Morgan fingerprint density at radius 1 is 1.53 bits per heavy atom. The van der Waals surface area contributed by atoms with E-state index in [1.54, 1.807) is 12.4 Å². The summed E-state index contributed by atoms with van der Waals surface area (Å²) in [5.74, 6) is 0.894. The smallest absolute Gasteiger partial charge is 0.150 e. The number of hydrogen-bond acceptors (Lipinski definition) is 4. The Kier molecular flexibility index (Phi) is 3.73. The van der Waals surface area contributed by atoms with Gasteiger partial charge in [-0.2, -0.15) is 0 Å². The van der Waals surface area contributed by atoms with Gasteiger partial charge in [0, 0.05) is 24.3 Å². The van der Waals surface area contributed by atoms with Crippen molar-refractivity contribution in [2.75, 3.05) is 30.0 Å². The van der Waals surface area contributed by atoms with Crippen LogP contribution in [0.3, 0.4) is 0 Å². The number of rotatable bonds is 3. The molecule has 1 aromatic rings. The van der Waals surface area contributed by atoms with E-state index in [2.05, 4.69) is 25.8 Å². The standard InChI is InChI=1S/C11H15BrN2O2S/c1-14(11-4-10(12)5-13-6-11)7-9-2-3-17(15,16)8-9/h4-6,9H,2-3,7-8H2,1H3/t9-/m1/s1. The van der Waals surface area contributed by atoms with Crippen LogP contribution in [0.5, 0.6) is 0 Å². The van der Waals surface area contributed by atoms with Gasteiger partial charge in [0.1, 0.15) is 0 Å². The quantitative estimate of drug-likeness (QED) is 0.851. The minimum atomic E-state index is -2.78. The Hall–Kier alpha value is -0.620. The van der Waals surface area contributed by atoms with Crippen molar-refractivity contribution in [1.29, 1.82) is 0 Å². The molecule has 0 saturated carbocycles. The van der Waals surface area contributed by atoms with E-state index >= 15 is 0 Å². The molecular weight excluding hydrogens is 304 g/mol. The summed E-state index contributed by atoms with van der Waals surface area (Å²) < 4.78 is 23.7. The Labute approximate surface area is 110 Å². The maximum absolute atomic E-state index is 11.4. The van der Waals surface area contributed by atoms with Gasteiger partial charge in [-0.25, -0.2) is 8.42 Å². The van der Waals surface area contributed by atoms with Crippen LogP contribution in [0, 0.1) is 5.92 Å². The van der Waals surface area contributed by atoms with Crippen LogP contribution in [0.25, 0.3) is 0 Å². The summed E-state index contributed by atoms with van der Waals surface area (Å²) in [4.78, 5) is 6.16. The predicted octanol–water partition coefficient (Wildman–Crippen LogP) is 1.71. The van der Waals surface area contributed by atoms with Gasteiger partial charge in [0.05, 0.1) is 23.4 Å². The Morgan fingerprint density at radius 3 is 2.88 bits per heavy atom. The zero-order chi connectivity index (χ0) is 12.5. The normalized spacial score (nSPS) is 22.6. The van der Waals surface area contributed by atoms with Gasteiger partial charge in [-0.15, -0.1) is 0 Å². The fourth-order valence-electron chi connectivity index (χ4n) is 2.12. The molecule has 2 rings (SSSR count). The molecule has 1 aliphatic heterocycles. The lowest BCUT2D eigenvalue weighted by atomic mass is 10.1. The number of aromatic nitrogens is 1. The van der Waals surface area contributed by atoms with Crippen molar-refractivity contribution in [2.45, 2.75) is 6.42 Å². The largest absolute Gasteiger partial charge is 0.373 e. The topological polar surface area (TPSA) is 50.3 Å². The average molecular weight is 319 g/mol.